The lowest BCUT2D eigenvalue weighted by Gasteiger charge is -2.27. The van der Waals surface area contributed by atoms with Crippen molar-refractivity contribution in [3.63, 3.8) is 0 Å². The van der Waals surface area contributed by atoms with Crippen molar-refractivity contribution in [2.75, 3.05) is 11.4 Å². The standard InChI is InChI=1S/C27H28Cl2F3N5O6S/c1-15(22(38)34-14-25(2,3)40)35-44(41,42)21-13-33-24-36(19-10-17(28)9-18(29)11-19)23(39)26(4,37(21)24)12-16-5-7-20(8-6-16)43-27(30,31)32/h5-11,13,15,35,40H,12,14H2,1-4H3,(H,34,38)/t15-,26+/m0/s1. The van der Waals surface area contributed by atoms with E-state index in [4.69, 9.17) is 23.2 Å². The Balaban J connectivity index is 1.76. The van der Waals surface area contributed by atoms with E-state index in [2.05, 4.69) is 19.8 Å². The van der Waals surface area contributed by atoms with Crippen LogP contribution in [-0.2, 0) is 31.6 Å². The van der Waals surface area contributed by atoms with Crippen molar-refractivity contribution < 1.29 is 41.0 Å². The van der Waals surface area contributed by atoms with Crippen LogP contribution in [0, 0.1) is 0 Å². The highest BCUT2D eigenvalue weighted by Gasteiger charge is 2.52. The van der Waals surface area contributed by atoms with Crippen molar-refractivity contribution in [3.05, 3.63) is 64.3 Å². The van der Waals surface area contributed by atoms with Gasteiger partial charge in [-0.25, -0.2) is 18.3 Å². The minimum Gasteiger partial charge on any atom is -0.406 e. The Morgan fingerprint density at radius 1 is 1.14 bits per heavy atom. The number of imidazole rings is 1. The van der Waals surface area contributed by atoms with Gasteiger partial charge in [0.25, 0.3) is 15.9 Å². The van der Waals surface area contributed by atoms with E-state index >= 15 is 0 Å². The van der Waals surface area contributed by atoms with Crippen molar-refractivity contribution >= 4 is 56.7 Å². The van der Waals surface area contributed by atoms with Gasteiger partial charge in [-0.3, -0.25) is 14.2 Å². The van der Waals surface area contributed by atoms with Crippen LogP contribution in [0.2, 0.25) is 10.0 Å². The fourth-order valence-electron chi connectivity index (χ4n) is 4.63. The monoisotopic (exact) mass is 677 g/mol. The number of ether oxygens (including phenoxy) is 1. The van der Waals surface area contributed by atoms with Crippen LogP contribution >= 0.6 is 23.2 Å². The lowest BCUT2D eigenvalue weighted by atomic mass is 9.92. The molecular weight excluding hydrogens is 650 g/mol. The molecule has 0 fully saturated rings. The van der Waals surface area contributed by atoms with Gasteiger partial charge in [0.2, 0.25) is 11.9 Å². The quantitative estimate of drug-likeness (QED) is 0.291. The van der Waals surface area contributed by atoms with E-state index < -0.39 is 56.2 Å². The Labute approximate surface area is 261 Å². The molecule has 0 bridgehead atoms. The number of nitrogens with zero attached hydrogens (tertiary/aromatic N) is 3. The van der Waals surface area contributed by atoms with Crippen LogP contribution in [0.4, 0.5) is 24.8 Å². The predicted octanol–water partition coefficient (Wildman–Crippen LogP) is 4.28. The van der Waals surface area contributed by atoms with Gasteiger partial charge in [-0.15, -0.1) is 13.2 Å². The Hall–Kier alpha value is -3.37. The molecule has 4 rings (SSSR count). The molecule has 0 saturated carbocycles. The van der Waals surface area contributed by atoms with Gasteiger partial charge in [-0.2, -0.15) is 4.72 Å². The number of aromatic nitrogens is 2. The number of carbonyl (C=O) groups is 2. The number of anilines is 2. The van der Waals surface area contributed by atoms with Gasteiger partial charge >= 0.3 is 6.36 Å². The molecule has 0 saturated heterocycles. The summed E-state index contributed by atoms with van der Waals surface area (Å²) in [6.45, 7) is 5.53. The van der Waals surface area contributed by atoms with Crippen molar-refractivity contribution in [3.8, 4) is 5.75 Å². The molecule has 44 heavy (non-hydrogen) atoms. The molecule has 238 valence electrons. The van der Waals surface area contributed by atoms with Crippen molar-refractivity contribution in [2.45, 2.75) is 62.7 Å². The number of sulfonamides is 1. The minimum atomic E-state index is -4.90. The van der Waals surface area contributed by atoms with E-state index in [0.717, 1.165) is 23.2 Å². The summed E-state index contributed by atoms with van der Waals surface area (Å²) in [7, 11) is -4.52. The Kier molecular flexibility index (Phi) is 9.03. The number of benzene rings is 2. The van der Waals surface area contributed by atoms with Gasteiger partial charge < -0.3 is 15.2 Å². The average molecular weight is 679 g/mol. The molecule has 0 aliphatic carbocycles. The highest BCUT2D eigenvalue weighted by molar-refractivity contribution is 7.89. The molecule has 1 aliphatic rings. The summed E-state index contributed by atoms with van der Waals surface area (Å²) in [6, 6.07) is 7.79. The van der Waals surface area contributed by atoms with Crippen LogP contribution in [-0.4, -0.2) is 59.4 Å². The van der Waals surface area contributed by atoms with Crippen LogP contribution < -0.4 is 19.7 Å². The number of alkyl halides is 3. The lowest BCUT2D eigenvalue weighted by Crippen LogP contribution is -2.49. The summed E-state index contributed by atoms with van der Waals surface area (Å²) >= 11 is 12.4. The van der Waals surface area contributed by atoms with Crippen LogP contribution in [0.25, 0.3) is 0 Å². The van der Waals surface area contributed by atoms with Crippen molar-refractivity contribution in [1.82, 2.24) is 19.6 Å². The maximum absolute atomic E-state index is 14.1. The zero-order chi connectivity index (χ0) is 32.8. The van der Waals surface area contributed by atoms with E-state index in [1.54, 1.807) is 0 Å². The predicted molar refractivity (Wildman–Crippen MR) is 155 cm³/mol. The van der Waals surface area contributed by atoms with Crippen molar-refractivity contribution in [1.29, 1.82) is 0 Å². The lowest BCUT2D eigenvalue weighted by molar-refractivity contribution is -0.274. The molecule has 1 aliphatic heterocycles. The fraction of sp³-hybridized carbons (Fsp3) is 0.370. The molecular formula is C27H28Cl2F3N5O6S. The van der Waals surface area contributed by atoms with Crippen LogP contribution in [0.15, 0.2) is 53.7 Å². The molecule has 3 N–H and O–H groups in total. The minimum absolute atomic E-state index is 0.104. The third kappa shape index (κ3) is 7.29. The second-order valence-corrected chi connectivity index (χ2v) is 13.5. The molecule has 2 atom stereocenters. The maximum atomic E-state index is 14.1. The first-order valence-electron chi connectivity index (χ1n) is 13.0. The number of rotatable bonds is 10. The zero-order valence-corrected chi connectivity index (χ0v) is 26.1. The third-order valence-electron chi connectivity index (χ3n) is 6.57. The van der Waals surface area contributed by atoms with Crippen LogP contribution in [0.5, 0.6) is 5.75 Å². The number of carbonyl (C=O) groups excluding carboxylic acids is 2. The normalized spacial score (nSPS) is 17.9. The fourth-order valence-corrected chi connectivity index (χ4v) is 6.55. The molecule has 17 heteroatoms. The van der Waals surface area contributed by atoms with Gasteiger partial charge in [0.05, 0.1) is 23.5 Å². The number of hydrogen-bond donors (Lipinski definition) is 3. The summed E-state index contributed by atoms with van der Waals surface area (Å²) in [5.74, 6) is -1.94. The molecule has 0 spiro atoms. The third-order valence-corrected chi connectivity index (χ3v) is 8.51. The molecule has 3 aromatic rings. The number of halogens is 5. The first-order chi connectivity index (χ1) is 20.2. The average Bonchev–Trinajstić information content (AvgIpc) is 3.40. The number of hydrogen-bond acceptors (Lipinski definition) is 7. The Bertz CT molecular complexity index is 1670. The first-order valence-corrected chi connectivity index (χ1v) is 15.2. The highest BCUT2D eigenvalue weighted by Crippen LogP contribution is 2.44. The number of fused-ring (bicyclic) bond motifs is 1. The largest absolute Gasteiger partial charge is 0.573 e. The molecule has 2 amide bonds. The highest BCUT2D eigenvalue weighted by atomic mass is 35.5. The van der Waals surface area contributed by atoms with Gasteiger partial charge in [0.15, 0.2) is 5.03 Å². The van der Waals surface area contributed by atoms with E-state index in [1.165, 1.54) is 62.6 Å². The Morgan fingerprint density at radius 2 is 1.73 bits per heavy atom. The summed E-state index contributed by atoms with van der Waals surface area (Å²) in [5.41, 5.74) is -2.37. The van der Waals surface area contributed by atoms with E-state index in [1.807, 2.05) is 0 Å². The molecule has 2 aromatic carbocycles. The number of nitrogens with one attached hydrogen (secondary N) is 2. The second-order valence-electron chi connectivity index (χ2n) is 11.0. The SMILES string of the molecule is C[C@H](NS(=O)(=O)c1cnc2n1[C@](C)(Cc1ccc(OC(F)(F)F)cc1)C(=O)N2c1cc(Cl)cc(Cl)c1)C(=O)NCC(C)(C)O. The molecule has 11 nitrogen and oxygen atoms in total. The number of amides is 2. The van der Waals surface area contributed by atoms with Crippen LogP contribution in [0.3, 0.4) is 0 Å². The van der Waals surface area contributed by atoms with Gasteiger partial charge in [-0.1, -0.05) is 35.3 Å². The Morgan fingerprint density at radius 3 is 2.27 bits per heavy atom. The molecule has 0 radical (unpaired) electrons. The smallest absolute Gasteiger partial charge is 0.406 e. The zero-order valence-electron chi connectivity index (χ0n) is 23.7. The van der Waals surface area contributed by atoms with Gasteiger partial charge in [0, 0.05) is 23.0 Å². The van der Waals surface area contributed by atoms with Crippen LogP contribution in [0.1, 0.15) is 33.3 Å². The van der Waals surface area contributed by atoms with E-state index in [9.17, 15) is 36.3 Å². The van der Waals surface area contributed by atoms with E-state index in [0.29, 0.717) is 5.56 Å². The molecule has 1 aromatic heterocycles. The molecule has 2 heterocycles. The maximum Gasteiger partial charge on any atom is 0.573 e. The summed E-state index contributed by atoms with van der Waals surface area (Å²) in [6.07, 6.45) is -4.07. The van der Waals surface area contributed by atoms with Crippen molar-refractivity contribution in [2.24, 2.45) is 0 Å². The molecule has 0 unspecified atom stereocenters. The second kappa shape index (κ2) is 11.9. The summed E-state index contributed by atoms with van der Waals surface area (Å²) < 4.78 is 72.6. The summed E-state index contributed by atoms with van der Waals surface area (Å²) in [5, 5.41) is 12.2. The number of aliphatic hydroxyl groups is 1. The van der Waals surface area contributed by atoms with E-state index in [-0.39, 0.29) is 34.6 Å². The summed E-state index contributed by atoms with van der Waals surface area (Å²) in [4.78, 5) is 32.0. The topological polar surface area (TPSA) is 143 Å². The van der Waals surface area contributed by atoms with Gasteiger partial charge in [0.1, 0.15) is 11.3 Å². The van der Waals surface area contributed by atoms with Gasteiger partial charge in [-0.05, 0) is 63.6 Å². The first kappa shape index (κ1) is 33.5.